The van der Waals surface area contributed by atoms with E-state index in [1.807, 2.05) is 24.3 Å². The number of carbonyl (C=O) groups excluding carboxylic acids is 1. The van der Waals surface area contributed by atoms with Crippen LogP contribution in [0.15, 0.2) is 61.1 Å². The summed E-state index contributed by atoms with van der Waals surface area (Å²) >= 11 is 0. The fourth-order valence-corrected chi connectivity index (χ4v) is 3.17. The Kier molecular flexibility index (Phi) is 5.79. The highest BCUT2D eigenvalue weighted by atomic mass is 32.2. The van der Waals surface area contributed by atoms with Crippen molar-refractivity contribution < 1.29 is 13.2 Å². The minimum atomic E-state index is -3.37. The highest BCUT2D eigenvalue weighted by Gasteiger charge is 2.08. The number of sulfonamides is 1. The van der Waals surface area contributed by atoms with Crippen molar-refractivity contribution in [2.45, 2.75) is 0 Å². The van der Waals surface area contributed by atoms with E-state index < -0.39 is 10.0 Å². The van der Waals surface area contributed by atoms with Crippen molar-refractivity contribution in [2.24, 2.45) is 0 Å². The molecule has 29 heavy (non-hydrogen) atoms. The number of pyridine rings is 2. The van der Waals surface area contributed by atoms with Gasteiger partial charge in [-0.1, -0.05) is 12.1 Å². The van der Waals surface area contributed by atoms with E-state index in [1.54, 1.807) is 44.7 Å². The van der Waals surface area contributed by atoms with Gasteiger partial charge in [-0.2, -0.15) is 0 Å². The van der Waals surface area contributed by atoms with Gasteiger partial charge in [0.25, 0.3) is 5.91 Å². The average molecular weight is 411 g/mol. The number of aromatic nitrogens is 2. The maximum atomic E-state index is 12.0. The van der Waals surface area contributed by atoms with Crippen LogP contribution >= 0.6 is 0 Å². The van der Waals surface area contributed by atoms with Gasteiger partial charge in [0.15, 0.2) is 0 Å². The normalized spacial score (nSPS) is 11.0. The quantitative estimate of drug-likeness (QED) is 0.646. The number of benzene rings is 1. The second-order valence-electron chi connectivity index (χ2n) is 6.67. The first kappa shape index (κ1) is 20.3. The number of anilines is 3. The second kappa shape index (κ2) is 8.27. The van der Waals surface area contributed by atoms with Crippen molar-refractivity contribution >= 4 is 33.1 Å². The standard InChI is InChI=1S/C20H21N5O3S/c1-25(2)20(26)15-6-4-14(5-7-15)16-8-9-19(22-11-16)23-17-10-18(13-21-12-17)24-29(3,27)28/h4-13,24H,1-3H3,(H,22,23). The zero-order chi connectivity index (χ0) is 21.0. The lowest BCUT2D eigenvalue weighted by Gasteiger charge is -2.11. The molecule has 0 unspecified atom stereocenters. The SMILES string of the molecule is CN(C)C(=O)c1ccc(-c2ccc(Nc3cncc(NS(C)(=O)=O)c3)nc2)cc1. The Morgan fingerprint density at radius 2 is 1.59 bits per heavy atom. The first-order valence-corrected chi connectivity index (χ1v) is 10.6. The molecule has 0 saturated carbocycles. The number of hydrogen-bond donors (Lipinski definition) is 2. The molecule has 2 aromatic heterocycles. The predicted octanol–water partition coefficient (Wildman–Crippen LogP) is 2.96. The number of carbonyl (C=O) groups is 1. The van der Waals surface area contributed by atoms with Crippen LogP contribution < -0.4 is 10.0 Å². The Morgan fingerprint density at radius 1 is 0.931 bits per heavy atom. The molecule has 0 fully saturated rings. The molecule has 9 heteroatoms. The number of hydrogen-bond acceptors (Lipinski definition) is 6. The van der Waals surface area contributed by atoms with Crippen molar-refractivity contribution in [3.63, 3.8) is 0 Å². The molecule has 2 N–H and O–H groups in total. The molecular formula is C20H21N5O3S. The second-order valence-corrected chi connectivity index (χ2v) is 8.42. The van der Waals surface area contributed by atoms with E-state index in [9.17, 15) is 13.2 Å². The van der Waals surface area contributed by atoms with Gasteiger partial charge in [-0.3, -0.25) is 14.5 Å². The summed E-state index contributed by atoms with van der Waals surface area (Å²) in [5.74, 6) is 0.543. The number of amides is 1. The molecule has 1 aromatic carbocycles. The molecule has 0 aliphatic rings. The maximum Gasteiger partial charge on any atom is 0.253 e. The number of nitrogens with one attached hydrogen (secondary N) is 2. The lowest BCUT2D eigenvalue weighted by Crippen LogP contribution is -2.21. The molecule has 8 nitrogen and oxygen atoms in total. The van der Waals surface area contributed by atoms with Crippen LogP contribution in [0, 0.1) is 0 Å². The summed E-state index contributed by atoms with van der Waals surface area (Å²) in [5.41, 5.74) is 3.44. The van der Waals surface area contributed by atoms with Gasteiger partial charge in [0, 0.05) is 31.4 Å². The van der Waals surface area contributed by atoms with Crippen LogP contribution in [0.4, 0.5) is 17.2 Å². The van der Waals surface area contributed by atoms with E-state index in [4.69, 9.17) is 0 Å². The van der Waals surface area contributed by atoms with Crippen LogP contribution in [-0.4, -0.2) is 49.5 Å². The van der Waals surface area contributed by atoms with E-state index >= 15 is 0 Å². The number of nitrogens with zero attached hydrogens (tertiary/aromatic N) is 3. The summed E-state index contributed by atoms with van der Waals surface area (Å²) in [5, 5.41) is 3.09. The van der Waals surface area contributed by atoms with Gasteiger partial charge in [-0.05, 0) is 35.9 Å². The Bertz CT molecular complexity index is 1110. The molecule has 150 valence electrons. The van der Waals surface area contributed by atoms with Gasteiger partial charge in [0.05, 0.1) is 30.0 Å². The van der Waals surface area contributed by atoms with Crippen LogP contribution in [0.3, 0.4) is 0 Å². The lowest BCUT2D eigenvalue weighted by atomic mass is 10.1. The van der Waals surface area contributed by atoms with E-state index in [-0.39, 0.29) is 5.91 Å². The summed E-state index contributed by atoms with van der Waals surface area (Å²) in [7, 11) is 0.0596. The van der Waals surface area contributed by atoms with Crippen molar-refractivity contribution in [3.05, 3.63) is 66.6 Å². The van der Waals surface area contributed by atoms with Gasteiger partial charge >= 0.3 is 0 Å². The summed E-state index contributed by atoms with van der Waals surface area (Å²) in [6, 6.07) is 12.7. The molecule has 0 aliphatic carbocycles. The van der Waals surface area contributed by atoms with Gasteiger partial charge in [-0.25, -0.2) is 13.4 Å². The molecule has 3 aromatic rings. The molecule has 2 heterocycles. The van der Waals surface area contributed by atoms with Crippen molar-refractivity contribution in [1.82, 2.24) is 14.9 Å². The summed E-state index contributed by atoms with van der Waals surface area (Å²) < 4.78 is 25.1. The first-order chi connectivity index (χ1) is 13.7. The smallest absolute Gasteiger partial charge is 0.253 e. The molecule has 1 amide bonds. The fourth-order valence-electron chi connectivity index (χ4n) is 2.63. The van der Waals surface area contributed by atoms with E-state index in [1.165, 1.54) is 11.1 Å². The summed E-state index contributed by atoms with van der Waals surface area (Å²) in [6.45, 7) is 0. The topological polar surface area (TPSA) is 104 Å². The molecular weight excluding hydrogens is 390 g/mol. The lowest BCUT2D eigenvalue weighted by molar-refractivity contribution is 0.0827. The molecule has 0 bridgehead atoms. The maximum absolute atomic E-state index is 12.0. The Morgan fingerprint density at radius 3 is 2.17 bits per heavy atom. The van der Waals surface area contributed by atoms with Gasteiger partial charge in [0.2, 0.25) is 10.0 Å². The molecule has 0 spiro atoms. The first-order valence-electron chi connectivity index (χ1n) is 8.69. The van der Waals surface area contributed by atoms with Crippen molar-refractivity contribution in [1.29, 1.82) is 0 Å². The van der Waals surface area contributed by atoms with Gasteiger partial charge < -0.3 is 10.2 Å². The van der Waals surface area contributed by atoms with Crippen LogP contribution in [0.1, 0.15) is 10.4 Å². The zero-order valence-corrected chi connectivity index (χ0v) is 17.1. The highest BCUT2D eigenvalue weighted by molar-refractivity contribution is 7.92. The average Bonchev–Trinajstić information content (AvgIpc) is 2.67. The van der Waals surface area contributed by atoms with Crippen molar-refractivity contribution in [3.8, 4) is 11.1 Å². The zero-order valence-electron chi connectivity index (χ0n) is 16.2. The van der Waals surface area contributed by atoms with Crippen LogP contribution in [0.5, 0.6) is 0 Å². The molecule has 3 rings (SSSR count). The van der Waals surface area contributed by atoms with Crippen LogP contribution in [0.25, 0.3) is 11.1 Å². The summed E-state index contributed by atoms with van der Waals surface area (Å²) in [4.78, 5) is 21.9. The predicted molar refractivity (Wildman–Crippen MR) is 114 cm³/mol. The summed E-state index contributed by atoms with van der Waals surface area (Å²) in [6.07, 6.45) is 5.80. The van der Waals surface area contributed by atoms with Gasteiger partial charge in [0.1, 0.15) is 5.82 Å². The number of rotatable bonds is 6. The third kappa shape index (κ3) is 5.52. The fraction of sp³-hybridized carbons (Fsp3) is 0.150. The third-order valence-corrected chi connectivity index (χ3v) is 4.56. The molecule has 0 atom stereocenters. The van der Waals surface area contributed by atoms with E-state index in [2.05, 4.69) is 20.0 Å². The highest BCUT2D eigenvalue weighted by Crippen LogP contribution is 2.23. The van der Waals surface area contributed by atoms with Gasteiger partial charge in [-0.15, -0.1) is 0 Å². The Labute approximate surface area is 169 Å². The Hall–Kier alpha value is -3.46. The van der Waals surface area contributed by atoms with Crippen molar-refractivity contribution in [2.75, 3.05) is 30.4 Å². The van der Waals surface area contributed by atoms with E-state index in [0.29, 0.717) is 22.8 Å². The largest absolute Gasteiger partial charge is 0.345 e. The molecule has 0 radical (unpaired) electrons. The molecule has 0 saturated heterocycles. The molecule has 0 aliphatic heterocycles. The monoisotopic (exact) mass is 411 g/mol. The minimum absolute atomic E-state index is 0.0459. The minimum Gasteiger partial charge on any atom is -0.345 e. The van der Waals surface area contributed by atoms with E-state index in [0.717, 1.165) is 17.4 Å². The third-order valence-electron chi connectivity index (χ3n) is 3.95. The van der Waals surface area contributed by atoms with Crippen LogP contribution in [0.2, 0.25) is 0 Å². The Balaban J connectivity index is 1.72. The van der Waals surface area contributed by atoms with Crippen LogP contribution in [-0.2, 0) is 10.0 Å².